The van der Waals surface area contributed by atoms with E-state index in [0.717, 1.165) is 32.5 Å². The summed E-state index contributed by atoms with van der Waals surface area (Å²) in [6.07, 6.45) is 2.26. The van der Waals surface area contributed by atoms with Crippen molar-refractivity contribution in [2.45, 2.75) is 38.8 Å². The van der Waals surface area contributed by atoms with Crippen molar-refractivity contribution in [1.29, 1.82) is 5.41 Å². The number of rotatable bonds is 4. The number of amidine groups is 1. The SMILES string of the molecule is CCC1CN(C(CC)C(=N)N)CCO1. The maximum atomic E-state index is 7.51. The van der Waals surface area contributed by atoms with Gasteiger partial charge in [-0.15, -0.1) is 0 Å². The molecule has 0 aromatic carbocycles. The van der Waals surface area contributed by atoms with E-state index in [9.17, 15) is 0 Å². The molecule has 2 atom stereocenters. The van der Waals surface area contributed by atoms with Gasteiger partial charge in [-0.2, -0.15) is 0 Å². The number of nitrogens with zero attached hydrogens (tertiary/aromatic N) is 1. The molecular weight excluding hydrogens is 178 g/mol. The molecule has 2 unspecified atom stereocenters. The molecule has 1 aliphatic heterocycles. The molecule has 0 saturated carbocycles. The summed E-state index contributed by atoms with van der Waals surface area (Å²) >= 11 is 0. The zero-order chi connectivity index (χ0) is 10.6. The van der Waals surface area contributed by atoms with Crippen molar-refractivity contribution < 1.29 is 4.74 Å². The van der Waals surface area contributed by atoms with Crippen LogP contribution in [-0.2, 0) is 4.74 Å². The lowest BCUT2D eigenvalue weighted by Gasteiger charge is -2.37. The highest BCUT2D eigenvalue weighted by atomic mass is 16.5. The molecule has 1 saturated heterocycles. The summed E-state index contributed by atoms with van der Waals surface area (Å²) in [6, 6.07) is 0.105. The number of hydrogen-bond acceptors (Lipinski definition) is 3. The van der Waals surface area contributed by atoms with Crippen LogP contribution in [0.3, 0.4) is 0 Å². The Hall–Kier alpha value is -0.610. The lowest BCUT2D eigenvalue weighted by Crippen LogP contribution is -2.51. The highest BCUT2D eigenvalue weighted by Gasteiger charge is 2.25. The van der Waals surface area contributed by atoms with Crippen molar-refractivity contribution in [2.75, 3.05) is 19.7 Å². The molecule has 3 N–H and O–H groups in total. The van der Waals surface area contributed by atoms with Gasteiger partial charge in [0.25, 0.3) is 0 Å². The third kappa shape index (κ3) is 2.69. The van der Waals surface area contributed by atoms with E-state index >= 15 is 0 Å². The average molecular weight is 199 g/mol. The molecule has 0 aromatic heterocycles. The lowest BCUT2D eigenvalue weighted by atomic mass is 10.1. The number of morpholine rings is 1. The lowest BCUT2D eigenvalue weighted by molar-refractivity contribution is -0.0364. The fourth-order valence-corrected chi connectivity index (χ4v) is 1.95. The van der Waals surface area contributed by atoms with E-state index in [2.05, 4.69) is 18.7 Å². The summed E-state index contributed by atoms with van der Waals surface area (Å²) in [4.78, 5) is 2.26. The molecule has 4 nitrogen and oxygen atoms in total. The topological polar surface area (TPSA) is 62.3 Å². The van der Waals surface area contributed by atoms with Gasteiger partial charge < -0.3 is 10.5 Å². The predicted octanol–water partition coefficient (Wildman–Crippen LogP) is 0.812. The Balaban J connectivity index is 2.53. The second-order valence-electron chi connectivity index (χ2n) is 3.78. The van der Waals surface area contributed by atoms with E-state index < -0.39 is 0 Å². The smallest absolute Gasteiger partial charge is 0.108 e. The standard InChI is InChI=1S/C10H21N3O/c1-3-8-7-13(5-6-14-8)9(4-2)10(11)12/h8-9H,3-7H2,1-2H3,(H3,11,12). The van der Waals surface area contributed by atoms with Gasteiger partial charge in [0.15, 0.2) is 0 Å². The van der Waals surface area contributed by atoms with Crippen molar-refractivity contribution >= 4 is 5.84 Å². The van der Waals surface area contributed by atoms with E-state index in [1.807, 2.05) is 0 Å². The molecule has 0 spiro atoms. The molecule has 1 heterocycles. The van der Waals surface area contributed by atoms with Gasteiger partial charge in [0, 0.05) is 13.1 Å². The van der Waals surface area contributed by atoms with Crippen molar-refractivity contribution in [3.05, 3.63) is 0 Å². The maximum absolute atomic E-state index is 7.51. The first-order valence-electron chi connectivity index (χ1n) is 5.38. The highest BCUT2D eigenvalue weighted by molar-refractivity contribution is 5.82. The fourth-order valence-electron chi connectivity index (χ4n) is 1.95. The Morgan fingerprint density at radius 1 is 1.64 bits per heavy atom. The van der Waals surface area contributed by atoms with Crippen molar-refractivity contribution in [3.8, 4) is 0 Å². The summed E-state index contributed by atoms with van der Waals surface area (Å²) < 4.78 is 5.58. The maximum Gasteiger partial charge on any atom is 0.108 e. The van der Waals surface area contributed by atoms with Crippen LogP contribution < -0.4 is 5.73 Å². The molecule has 0 aliphatic carbocycles. The number of nitrogens with two attached hydrogens (primary N) is 1. The minimum absolute atomic E-state index is 0.105. The minimum Gasteiger partial charge on any atom is -0.386 e. The van der Waals surface area contributed by atoms with E-state index in [0.29, 0.717) is 6.10 Å². The molecule has 82 valence electrons. The molecule has 14 heavy (non-hydrogen) atoms. The Kier molecular flexibility index (Phi) is 4.35. The molecule has 0 aromatic rings. The Morgan fingerprint density at radius 2 is 2.36 bits per heavy atom. The van der Waals surface area contributed by atoms with Crippen LogP contribution >= 0.6 is 0 Å². The molecule has 0 amide bonds. The molecule has 4 heteroatoms. The van der Waals surface area contributed by atoms with E-state index in [-0.39, 0.29) is 11.9 Å². The monoisotopic (exact) mass is 199 g/mol. The van der Waals surface area contributed by atoms with Gasteiger partial charge in [0.05, 0.1) is 18.8 Å². The largest absolute Gasteiger partial charge is 0.386 e. The van der Waals surface area contributed by atoms with Crippen molar-refractivity contribution in [2.24, 2.45) is 5.73 Å². The summed E-state index contributed by atoms with van der Waals surface area (Å²) in [5.41, 5.74) is 5.57. The second kappa shape index (κ2) is 5.32. The summed E-state index contributed by atoms with van der Waals surface area (Å²) in [5, 5.41) is 7.51. The molecule has 1 aliphatic rings. The van der Waals surface area contributed by atoms with Gasteiger partial charge >= 0.3 is 0 Å². The summed E-state index contributed by atoms with van der Waals surface area (Å²) in [7, 11) is 0. The quantitative estimate of drug-likeness (QED) is 0.520. The molecule has 0 radical (unpaired) electrons. The first-order valence-corrected chi connectivity index (χ1v) is 5.38. The Morgan fingerprint density at radius 3 is 2.86 bits per heavy atom. The predicted molar refractivity (Wildman–Crippen MR) is 57.6 cm³/mol. The average Bonchev–Trinajstić information content (AvgIpc) is 2.19. The van der Waals surface area contributed by atoms with Crippen LogP contribution in [0.4, 0.5) is 0 Å². The van der Waals surface area contributed by atoms with Gasteiger partial charge in [0.1, 0.15) is 5.84 Å². The van der Waals surface area contributed by atoms with E-state index in [1.165, 1.54) is 0 Å². The van der Waals surface area contributed by atoms with Gasteiger partial charge in [-0.25, -0.2) is 0 Å². The fraction of sp³-hybridized carbons (Fsp3) is 0.900. The van der Waals surface area contributed by atoms with Crippen molar-refractivity contribution in [3.63, 3.8) is 0 Å². The van der Waals surface area contributed by atoms with Crippen LogP contribution in [0.25, 0.3) is 0 Å². The van der Waals surface area contributed by atoms with Crippen LogP contribution in [-0.4, -0.2) is 42.6 Å². The van der Waals surface area contributed by atoms with Gasteiger partial charge in [0.2, 0.25) is 0 Å². The van der Waals surface area contributed by atoms with Gasteiger partial charge in [-0.05, 0) is 12.8 Å². The second-order valence-corrected chi connectivity index (χ2v) is 3.78. The third-order valence-corrected chi connectivity index (χ3v) is 2.81. The zero-order valence-electron chi connectivity index (χ0n) is 9.12. The van der Waals surface area contributed by atoms with Gasteiger partial charge in [-0.1, -0.05) is 13.8 Å². The van der Waals surface area contributed by atoms with Crippen LogP contribution in [0, 0.1) is 5.41 Å². The first kappa shape index (κ1) is 11.5. The zero-order valence-corrected chi connectivity index (χ0v) is 9.12. The summed E-state index contributed by atoms with van der Waals surface area (Å²) in [5.74, 6) is 0.282. The molecule has 1 fully saturated rings. The minimum atomic E-state index is 0.105. The van der Waals surface area contributed by atoms with Crippen molar-refractivity contribution in [1.82, 2.24) is 4.90 Å². The Labute approximate surface area is 85.9 Å². The Bertz CT molecular complexity index is 196. The molecular formula is C10H21N3O. The molecule has 0 bridgehead atoms. The van der Waals surface area contributed by atoms with E-state index in [4.69, 9.17) is 15.9 Å². The van der Waals surface area contributed by atoms with Crippen LogP contribution in [0.15, 0.2) is 0 Å². The highest BCUT2D eigenvalue weighted by Crippen LogP contribution is 2.13. The van der Waals surface area contributed by atoms with Crippen LogP contribution in [0.2, 0.25) is 0 Å². The number of hydrogen-bond donors (Lipinski definition) is 2. The number of nitrogens with one attached hydrogen (secondary N) is 1. The van der Waals surface area contributed by atoms with E-state index in [1.54, 1.807) is 0 Å². The third-order valence-electron chi connectivity index (χ3n) is 2.81. The summed E-state index contributed by atoms with van der Waals surface area (Å²) in [6.45, 7) is 6.77. The molecule has 1 rings (SSSR count). The first-order chi connectivity index (χ1) is 6.69. The number of ether oxygens (including phenoxy) is 1. The normalized spacial score (nSPS) is 26.0. The van der Waals surface area contributed by atoms with Crippen LogP contribution in [0.5, 0.6) is 0 Å². The van der Waals surface area contributed by atoms with Crippen LogP contribution in [0.1, 0.15) is 26.7 Å². The van der Waals surface area contributed by atoms with Gasteiger partial charge in [-0.3, -0.25) is 10.3 Å².